The lowest BCUT2D eigenvalue weighted by Crippen LogP contribution is -2.19. The van der Waals surface area contributed by atoms with Gasteiger partial charge in [-0.25, -0.2) is 0 Å². The summed E-state index contributed by atoms with van der Waals surface area (Å²) in [5.74, 6) is 0.148. The van der Waals surface area contributed by atoms with Crippen molar-refractivity contribution in [3.8, 4) is 5.75 Å². The Morgan fingerprint density at radius 3 is 2.67 bits per heavy atom. The van der Waals surface area contributed by atoms with Crippen molar-refractivity contribution in [3.05, 3.63) is 57.0 Å². The number of halogens is 1. The van der Waals surface area contributed by atoms with Gasteiger partial charge in [0, 0.05) is 30.4 Å². The molecule has 2 aromatic rings. The predicted octanol–water partition coefficient (Wildman–Crippen LogP) is 2.61. The first-order valence-corrected chi connectivity index (χ1v) is 6.62. The molecule has 0 saturated heterocycles. The van der Waals surface area contributed by atoms with Crippen molar-refractivity contribution in [3.63, 3.8) is 0 Å². The molecule has 0 unspecified atom stereocenters. The summed E-state index contributed by atoms with van der Waals surface area (Å²) in [6.07, 6.45) is 1.48. The van der Waals surface area contributed by atoms with E-state index in [0.29, 0.717) is 22.0 Å². The highest BCUT2D eigenvalue weighted by molar-refractivity contribution is 6.31. The Labute approximate surface area is 127 Å². The molecule has 0 bridgehead atoms. The third-order valence-electron chi connectivity index (χ3n) is 3.08. The average molecular weight is 307 g/mol. The molecule has 1 aromatic heterocycles. The second-order valence-electron chi connectivity index (χ2n) is 4.62. The van der Waals surface area contributed by atoms with E-state index in [0.717, 1.165) is 5.56 Å². The summed E-state index contributed by atoms with van der Waals surface area (Å²) in [6, 6.07) is 6.21. The first kappa shape index (κ1) is 15.1. The Morgan fingerprint density at radius 2 is 2.05 bits per heavy atom. The van der Waals surface area contributed by atoms with Crippen LogP contribution < -0.4 is 15.6 Å². The van der Waals surface area contributed by atoms with Gasteiger partial charge in [-0.3, -0.25) is 9.59 Å². The van der Waals surface area contributed by atoms with E-state index in [9.17, 15) is 9.59 Å². The summed E-state index contributed by atoms with van der Waals surface area (Å²) in [5.41, 5.74) is 1.56. The Bertz CT molecular complexity index is 753. The molecule has 110 valence electrons. The fourth-order valence-corrected chi connectivity index (χ4v) is 2.01. The number of aromatic nitrogens is 1. The van der Waals surface area contributed by atoms with Crippen molar-refractivity contribution in [1.29, 1.82) is 0 Å². The van der Waals surface area contributed by atoms with E-state index in [-0.39, 0.29) is 11.5 Å². The van der Waals surface area contributed by atoms with Crippen LogP contribution in [0.4, 0.5) is 5.69 Å². The van der Waals surface area contributed by atoms with Crippen LogP contribution in [0.25, 0.3) is 0 Å². The number of nitrogens with zero attached hydrogens (tertiary/aromatic N) is 1. The van der Waals surface area contributed by atoms with Gasteiger partial charge in [0.2, 0.25) is 5.56 Å². The zero-order valence-corrected chi connectivity index (χ0v) is 12.7. The van der Waals surface area contributed by atoms with E-state index in [4.69, 9.17) is 16.3 Å². The Kier molecular flexibility index (Phi) is 4.33. The molecule has 0 radical (unpaired) electrons. The molecule has 0 fully saturated rings. The van der Waals surface area contributed by atoms with Crippen molar-refractivity contribution in [2.24, 2.45) is 7.05 Å². The van der Waals surface area contributed by atoms with Gasteiger partial charge in [0.15, 0.2) is 0 Å². The normalized spacial score (nSPS) is 10.3. The minimum absolute atomic E-state index is 0.175. The van der Waals surface area contributed by atoms with E-state index >= 15 is 0 Å². The van der Waals surface area contributed by atoms with E-state index in [1.165, 1.54) is 30.0 Å². The van der Waals surface area contributed by atoms with Crippen molar-refractivity contribution in [2.75, 3.05) is 12.4 Å². The molecule has 0 saturated carbocycles. The summed E-state index contributed by atoms with van der Waals surface area (Å²) in [4.78, 5) is 23.6. The van der Waals surface area contributed by atoms with Crippen molar-refractivity contribution < 1.29 is 9.53 Å². The first-order valence-electron chi connectivity index (χ1n) is 6.24. The van der Waals surface area contributed by atoms with Crippen LogP contribution in [0, 0.1) is 6.92 Å². The number of amides is 1. The lowest BCUT2D eigenvalue weighted by atomic mass is 10.2. The first-order chi connectivity index (χ1) is 9.92. The predicted molar refractivity (Wildman–Crippen MR) is 82.4 cm³/mol. The minimum atomic E-state index is -0.328. The monoisotopic (exact) mass is 306 g/mol. The van der Waals surface area contributed by atoms with Crippen molar-refractivity contribution >= 4 is 23.2 Å². The molecule has 1 N–H and O–H groups in total. The Morgan fingerprint density at radius 1 is 1.33 bits per heavy atom. The number of aryl methyl sites for hydroxylation is 2. The summed E-state index contributed by atoms with van der Waals surface area (Å²) >= 11 is 6.03. The van der Waals surface area contributed by atoms with Gasteiger partial charge in [0.25, 0.3) is 5.91 Å². The number of carbonyl (C=O) groups is 1. The summed E-state index contributed by atoms with van der Waals surface area (Å²) in [6.45, 7) is 1.84. The molecular weight excluding hydrogens is 292 g/mol. The zero-order valence-electron chi connectivity index (χ0n) is 11.9. The molecule has 0 aliphatic carbocycles. The fourth-order valence-electron chi connectivity index (χ4n) is 1.85. The molecule has 0 spiro atoms. The van der Waals surface area contributed by atoms with Gasteiger partial charge in [-0.15, -0.1) is 0 Å². The molecule has 1 amide bonds. The highest BCUT2D eigenvalue weighted by Crippen LogP contribution is 2.31. The number of rotatable bonds is 3. The van der Waals surface area contributed by atoms with Gasteiger partial charge >= 0.3 is 0 Å². The van der Waals surface area contributed by atoms with Crippen LogP contribution in [0.2, 0.25) is 5.02 Å². The van der Waals surface area contributed by atoms with E-state index in [1.807, 2.05) is 6.92 Å². The zero-order chi connectivity index (χ0) is 15.6. The van der Waals surface area contributed by atoms with Crippen LogP contribution in [-0.4, -0.2) is 17.6 Å². The van der Waals surface area contributed by atoms with Crippen LogP contribution in [0.15, 0.2) is 35.3 Å². The van der Waals surface area contributed by atoms with Gasteiger partial charge < -0.3 is 14.6 Å². The maximum Gasteiger partial charge on any atom is 0.257 e. The van der Waals surface area contributed by atoms with Crippen LogP contribution in [0.5, 0.6) is 5.75 Å². The number of ether oxygens (including phenoxy) is 1. The molecule has 6 heteroatoms. The molecule has 1 aromatic carbocycles. The standard InChI is InChI=1S/C15H15ClN2O3/c1-9-6-12(13(21-3)7-11(9)16)17-15(20)10-4-5-14(19)18(2)8-10/h4-8H,1-3H3,(H,17,20). The maximum absolute atomic E-state index is 12.2. The number of carbonyl (C=O) groups excluding carboxylic acids is 1. The van der Waals surface area contributed by atoms with Crippen LogP contribution in [0.1, 0.15) is 15.9 Å². The van der Waals surface area contributed by atoms with Gasteiger partial charge in [-0.05, 0) is 24.6 Å². The molecule has 2 rings (SSSR count). The third kappa shape index (κ3) is 3.25. The van der Waals surface area contributed by atoms with Crippen molar-refractivity contribution in [1.82, 2.24) is 4.57 Å². The third-order valence-corrected chi connectivity index (χ3v) is 3.48. The summed E-state index contributed by atoms with van der Waals surface area (Å²) in [5, 5.41) is 3.32. The maximum atomic E-state index is 12.2. The summed E-state index contributed by atoms with van der Waals surface area (Å²) < 4.78 is 6.55. The molecule has 0 aliphatic heterocycles. The number of anilines is 1. The van der Waals surface area contributed by atoms with Gasteiger partial charge in [0.1, 0.15) is 5.75 Å². The highest BCUT2D eigenvalue weighted by Gasteiger charge is 2.12. The number of nitrogens with one attached hydrogen (secondary N) is 1. The summed E-state index contributed by atoms with van der Waals surface area (Å²) in [7, 11) is 3.09. The SMILES string of the molecule is COc1cc(Cl)c(C)cc1NC(=O)c1ccc(=O)n(C)c1. The number of benzene rings is 1. The van der Waals surface area contributed by atoms with Crippen LogP contribution in [-0.2, 0) is 7.05 Å². The molecule has 0 atom stereocenters. The smallest absolute Gasteiger partial charge is 0.257 e. The van der Waals surface area contributed by atoms with Gasteiger partial charge in [-0.2, -0.15) is 0 Å². The molecular formula is C15H15ClN2O3. The van der Waals surface area contributed by atoms with Crippen LogP contribution in [0.3, 0.4) is 0 Å². The van der Waals surface area contributed by atoms with Gasteiger partial charge in [-0.1, -0.05) is 11.6 Å². The fraction of sp³-hybridized carbons (Fsp3) is 0.200. The minimum Gasteiger partial charge on any atom is -0.495 e. The van der Waals surface area contributed by atoms with Gasteiger partial charge in [0.05, 0.1) is 18.4 Å². The second-order valence-corrected chi connectivity index (χ2v) is 5.03. The average Bonchev–Trinajstić information content (AvgIpc) is 2.45. The number of hydrogen-bond acceptors (Lipinski definition) is 3. The number of pyridine rings is 1. The largest absolute Gasteiger partial charge is 0.495 e. The van der Waals surface area contributed by atoms with E-state index in [2.05, 4.69) is 5.32 Å². The van der Waals surface area contributed by atoms with Crippen LogP contribution >= 0.6 is 11.6 Å². The lowest BCUT2D eigenvalue weighted by Gasteiger charge is -2.12. The molecule has 5 nitrogen and oxygen atoms in total. The second kappa shape index (κ2) is 6.01. The van der Waals surface area contributed by atoms with Crippen molar-refractivity contribution in [2.45, 2.75) is 6.92 Å². The molecule has 0 aliphatic rings. The highest BCUT2D eigenvalue weighted by atomic mass is 35.5. The number of methoxy groups -OCH3 is 1. The number of hydrogen-bond donors (Lipinski definition) is 1. The molecule has 1 heterocycles. The lowest BCUT2D eigenvalue weighted by molar-refractivity contribution is 0.102. The Hall–Kier alpha value is -2.27. The molecule has 21 heavy (non-hydrogen) atoms. The topological polar surface area (TPSA) is 60.3 Å². The Balaban J connectivity index is 2.33. The van der Waals surface area contributed by atoms with E-state index in [1.54, 1.807) is 19.2 Å². The van der Waals surface area contributed by atoms with E-state index < -0.39 is 0 Å². The quantitative estimate of drug-likeness (QED) is 0.948.